The third kappa shape index (κ3) is 3.96. The molecule has 0 spiro atoms. The van der Waals surface area contributed by atoms with Crippen molar-refractivity contribution >= 4 is 5.82 Å². The quantitative estimate of drug-likeness (QED) is 0.772. The molecule has 0 aliphatic carbocycles. The number of nitrogens with zero attached hydrogens (tertiary/aromatic N) is 3. The molecule has 1 aromatic rings. The molecule has 100 valence electrons. The highest BCUT2D eigenvalue weighted by Gasteiger charge is 2.16. The molecule has 1 aliphatic heterocycles. The zero-order valence-electron chi connectivity index (χ0n) is 11.1. The van der Waals surface area contributed by atoms with Crippen LogP contribution in [0.15, 0.2) is 24.4 Å². The Morgan fingerprint density at radius 3 is 2.56 bits per heavy atom. The molecule has 0 aromatic carbocycles. The summed E-state index contributed by atoms with van der Waals surface area (Å²) < 4.78 is 0. The normalized spacial score (nSPS) is 17.1. The maximum absolute atomic E-state index is 5.50. The number of aromatic nitrogens is 1. The van der Waals surface area contributed by atoms with Crippen molar-refractivity contribution in [2.45, 2.75) is 19.3 Å². The summed E-state index contributed by atoms with van der Waals surface area (Å²) in [6, 6.07) is 6.12. The molecule has 0 amide bonds. The Kier molecular flexibility index (Phi) is 5.42. The first-order chi connectivity index (χ1) is 8.90. The topological polar surface area (TPSA) is 45.4 Å². The Morgan fingerprint density at radius 1 is 1.06 bits per heavy atom. The first kappa shape index (κ1) is 13.3. The van der Waals surface area contributed by atoms with Gasteiger partial charge in [0.05, 0.1) is 0 Å². The highest BCUT2D eigenvalue weighted by atomic mass is 15.3. The first-order valence-electron chi connectivity index (χ1n) is 6.98. The van der Waals surface area contributed by atoms with E-state index < -0.39 is 0 Å². The Balaban J connectivity index is 1.68. The molecule has 0 unspecified atom stereocenters. The Hall–Kier alpha value is -1.13. The number of anilines is 1. The maximum Gasteiger partial charge on any atom is 0.128 e. The fourth-order valence-electron chi connectivity index (χ4n) is 2.40. The van der Waals surface area contributed by atoms with Crippen molar-refractivity contribution in [3.63, 3.8) is 0 Å². The highest BCUT2D eigenvalue weighted by Crippen LogP contribution is 2.12. The van der Waals surface area contributed by atoms with E-state index in [1.807, 2.05) is 12.3 Å². The van der Waals surface area contributed by atoms with Crippen molar-refractivity contribution in [1.82, 2.24) is 9.88 Å². The number of nitrogens with two attached hydrogens (primary N) is 1. The summed E-state index contributed by atoms with van der Waals surface area (Å²) in [5.74, 6) is 1.11. The van der Waals surface area contributed by atoms with Gasteiger partial charge in [-0.05, 0) is 38.1 Å². The number of piperazine rings is 1. The molecule has 1 fully saturated rings. The molecule has 2 heterocycles. The smallest absolute Gasteiger partial charge is 0.128 e. The summed E-state index contributed by atoms with van der Waals surface area (Å²) in [4.78, 5) is 9.33. The largest absolute Gasteiger partial charge is 0.354 e. The predicted molar refractivity (Wildman–Crippen MR) is 75.8 cm³/mol. The second-order valence-electron chi connectivity index (χ2n) is 4.87. The number of pyridine rings is 1. The molecule has 1 saturated heterocycles. The van der Waals surface area contributed by atoms with E-state index in [1.54, 1.807) is 0 Å². The summed E-state index contributed by atoms with van der Waals surface area (Å²) in [6.07, 6.45) is 5.57. The lowest BCUT2D eigenvalue weighted by Crippen LogP contribution is -2.46. The van der Waals surface area contributed by atoms with Crippen LogP contribution in [0, 0.1) is 0 Å². The molecule has 4 heteroatoms. The Morgan fingerprint density at radius 2 is 1.89 bits per heavy atom. The average molecular weight is 248 g/mol. The lowest BCUT2D eigenvalue weighted by atomic mass is 10.2. The molecule has 18 heavy (non-hydrogen) atoms. The minimum Gasteiger partial charge on any atom is -0.354 e. The van der Waals surface area contributed by atoms with E-state index in [0.717, 1.165) is 45.0 Å². The molecule has 2 rings (SSSR count). The number of hydrogen-bond acceptors (Lipinski definition) is 4. The van der Waals surface area contributed by atoms with E-state index in [0.29, 0.717) is 0 Å². The van der Waals surface area contributed by atoms with Gasteiger partial charge in [-0.15, -0.1) is 0 Å². The van der Waals surface area contributed by atoms with Crippen molar-refractivity contribution in [2.75, 3.05) is 44.2 Å². The van der Waals surface area contributed by atoms with Gasteiger partial charge in [-0.3, -0.25) is 4.90 Å². The van der Waals surface area contributed by atoms with Gasteiger partial charge >= 0.3 is 0 Å². The van der Waals surface area contributed by atoms with E-state index in [1.165, 1.54) is 19.4 Å². The minimum absolute atomic E-state index is 0.827. The summed E-state index contributed by atoms with van der Waals surface area (Å²) in [5.41, 5.74) is 5.50. The van der Waals surface area contributed by atoms with Crippen LogP contribution in [0.5, 0.6) is 0 Å². The molecular formula is C14H24N4. The highest BCUT2D eigenvalue weighted by molar-refractivity contribution is 5.38. The van der Waals surface area contributed by atoms with Gasteiger partial charge in [0.25, 0.3) is 0 Å². The van der Waals surface area contributed by atoms with Crippen LogP contribution in [0.3, 0.4) is 0 Å². The van der Waals surface area contributed by atoms with E-state index in [-0.39, 0.29) is 0 Å². The van der Waals surface area contributed by atoms with Crippen LogP contribution in [-0.4, -0.2) is 49.2 Å². The van der Waals surface area contributed by atoms with Gasteiger partial charge in [0.2, 0.25) is 0 Å². The van der Waals surface area contributed by atoms with Crippen molar-refractivity contribution < 1.29 is 0 Å². The Bertz CT molecular complexity index is 320. The predicted octanol–water partition coefficient (Wildman–Crippen LogP) is 1.33. The summed E-state index contributed by atoms with van der Waals surface area (Å²) in [5, 5.41) is 0. The van der Waals surface area contributed by atoms with Gasteiger partial charge < -0.3 is 10.6 Å². The van der Waals surface area contributed by atoms with Crippen LogP contribution in [0.2, 0.25) is 0 Å². The summed E-state index contributed by atoms with van der Waals surface area (Å²) in [7, 11) is 0. The fourth-order valence-corrected chi connectivity index (χ4v) is 2.40. The van der Waals surface area contributed by atoms with E-state index in [4.69, 9.17) is 5.73 Å². The SMILES string of the molecule is NCCCCCN1CCN(c2ccccn2)CC1. The van der Waals surface area contributed by atoms with Gasteiger partial charge in [-0.2, -0.15) is 0 Å². The van der Waals surface area contributed by atoms with Crippen LogP contribution in [0.1, 0.15) is 19.3 Å². The average Bonchev–Trinajstić information content (AvgIpc) is 2.45. The second kappa shape index (κ2) is 7.34. The molecule has 2 N–H and O–H groups in total. The lowest BCUT2D eigenvalue weighted by molar-refractivity contribution is 0.252. The van der Waals surface area contributed by atoms with Crippen LogP contribution in [0.25, 0.3) is 0 Å². The first-order valence-corrected chi connectivity index (χ1v) is 6.98. The summed E-state index contributed by atoms with van der Waals surface area (Å²) in [6.45, 7) is 6.53. The minimum atomic E-state index is 0.827. The third-order valence-corrected chi connectivity index (χ3v) is 3.52. The molecule has 0 atom stereocenters. The third-order valence-electron chi connectivity index (χ3n) is 3.52. The molecule has 1 aromatic heterocycles. The van der Waals surface area contributed by atoms with Gasteiger partial charge in [-0.25, -0.2) is 4.98 Å². The van der Waals surface area contributed by atoms with Gasteiger partial charge in [0, 0.05) is 32.4 Å². The number of unbranched alkanes of at least 4 members (excludes halogenated alkanes) is 2. The van der Waals surface area contributed by atoms with Crippen molar-refractivity contribution in [3.05, 3.63) is 24.4 Å². The zero-order chi connectivity index (χ0) is 12.6. The number of hydrogen-bond donors (Lipinski definition) is 1. The standard InChI is InChI=1S/C14H24N4/c15-7-3-1-5-9-17-10-12-18(13-11-17)14-6-2-4-8-16-14/h2,4,6,8H,1,3,5,7,9-13,15H2. The van der Waals surface area contributed by atoms with Crippen molar-refractivity contribution in [3.8, 4) is 0 Å². The summed E-state index contributed by atoms with van der Waals surface area (Å²) >= 11 is 0. The zero-order valence-corrected chi connectivity index (χ0v) is 11.1. The van der Waals surface area contributed by atoms with Gasteiger partial charge in [-0.1, -0.05) is 12.5 Å². The second-order valence-corrected chi connectivity index (χ2v) is 4.87. The molecule has 0 saturated carbocycles. The lowest BCUT2D eigenvalue weighted by Gasteiger charge is -2.35. The molecule has 1 aliphatic rings. The molecule has 4 nitrogen and oxygen atoms in total. The Labute approximate surface area is 110 Å². The van der Waals surface area contributed by atoms with Crippen molar-refractivity contribution in [1.29, 1.82) is 0 Å². The monoisotopic (exact) mass is 248 g/mol. The van der Waals surface area contributed by atoms with Gasteiger partial charge in [0.1, 0.15) is 5.82 Å². The molecule has 0 bridgehead atoms. The molecular weight excluding hydrogens is 224 g/mol. The van der Waals surface area contributed by atoms with E-state index >= 15 is 0 Å². The van der Waals surface area contributed by atoms with E-state index in [9.17, 15) is 0 Å². The number of rotatable bonds is 6. The maximum atomic E-state index is 5.50. The van der Waals surface area contributed by atoms with Crippen molar-refractivity contribution in [2.24, 2.45) is 5.73 Å². The van der Waals surface area contributed by atoms with Crippen LogP contribution >= 0.6 is 0 Å². The van der Waals surface area contributed by atoms with E-state index in [2.05, 4.69) is 26.9 Å². The van der Waals surface area contributed by atoms with Crippen LogP contribution < -0.4 is 10.6 Å². The van der Waals surface area contributed by atoms with Gasteiger partial charge in [0.15, 0.2) is 0 Å². The fraction of sp³-hybridized carbons (Fsp3) is 0.643. The van der Waals surface area contributed by atoms with Crippen LogP contribution in [-0.2, 0) is 0 Å². The van der Waals surface area contributed by atoms with Crippen LogP contribution in [0.4, 0.5) is 5.82 Å². The molecule has 0 radical (unpaired) electrons.